The average molecular weight is 407 g/mol. The summed E-state index contributed by atoms with van der Waals surface area (Å²) in [4.78, 5) is 25.0. The molecule has 28 heavy (non-hydrogen) atoms. The molecule has 10 heteroatoms. The Bertz CT molecular complexity index is 759. The van der Waals surface area contributed by atoms with Gasteiger partial charge >= 0.3 is 12.5 Å². The first-order chi connectivity index (χ1) is 12.7. The monoisotopic (exact) mass is 407 g/mol. The molecule has 6 nitrogen and oxygen atoms in total. The number of hydrogen-bond donors (Lipinski definition) is 2. The minimum Gasteiger partial charge on any atom is -0.444 e. The lowest BCUT2D eigenvalue weighted by Gasteiger charge is -2.39. The molecule has 156 valence electrons. The molecule has 0 spiro atoms. The van der Waals surface area contributed by atoms with E-state index in [0.29, 0.717) is 12.1 Å². The van der Waals surface area contributed by atoms with Crippen LogP contribution in [0.5, 0.6) is 5.75 Å². The molecule has 0 aromatic heterocycles. The van der Waals surface area contributed by atoms with Gasteiger partial charge in [-0.25, -0.2) is 9.18 Å². The number of alkyl carbamates (subject to hydrolysis) is 1. The zero-order valence-corrected chi connectivity index (χ0v) is 15.5. The van der Waals surface area contributed by atoms with Crippen molar-refractivity contribution < 1.29 is 41.7 Å². The summed E-state index contributed by atoms with van der Waals surface area (Å²) in [5.41, 5.74) is -3.57. The highest BCUT2D eigenvalue weighted by atomic mass is 19.4. The van der Waals surface area contributed by atoms with Crippen molar-refractivity contribution in [3.8, 4) is 5.75 Å². The van der Waals surface area contributed by atoms with Crippen LogP contribution in [0.25, 0.3) is 0 Å². The molecular weight excluding hydrogens is 386 g/mol. The van der Waals surface area contributed by atoms with Gasteiger partial charge in [-0.05, 0) is 58.2 Å². The van der Waals surface area contributed by atoms with Gasteiger partial charge in [0.15, 0.2) is 5.78 Å². The molecule has 0 saturated heterocycles. The van der Waals surface area contributed by atoms with E-state index in [1.54, 1.807) is 20.8 Å². The van der Waals surface area contributed by atoms with Crippen LogP contribution < -0.4 is 10.1 Å². The van der Waals surface area contributed by atoms with E-state index in [2.05, 4.69) is 10.1 Å². The van der Waals surface area contributed by atoms with Crippen LogP contribution in [-0.4, -0.2) is 35.1 Å². The summed E-state index contributed by atoms with van der Waals surface area (Å²) in [6, 6.07) is 2.14. The maximum Gasteiger partial charge on any atom is 0.573 e. The third kappa shape index (κ3) is 5.12. The van der Waals surface area contributed by atoms with Crippen LogP contribution in [0.15, 0.2) is 18.2 Å². The number of carbonyl (C=O) groups is 2. The van der Waals surface area contributed by atoms with E-state index in [9.17, 15) is 32.3 Å². The number of benzene rings is 1. The number of Topliss-reactive ketones (excluding diaryl/α,β-unsaturated/α-hetero) is 1. The number of hydrogen-bond acceptors (Lipinski definition) is 5. The van der Waals surface area contributed by atoms with Crippen molar-refractivity contribution in [1.82, 2.24) is 5.32 Å². The second-order valence-electron chi connectivity index (χ2n) is 7.49. The average Bonchev–Trinajstić information content (AvgIpc) is 2.50. The molecule has 1 fully saturated rings. The Balaban J connectivity index is 2.52. The summed E-state index contributed by atoms with van der Waals surface area (Å²) in [5, 5.41) is 12.3. The Labute approximate surface area is 158 Å². The maximum atomic E-state index is 14.6. The highest BCUT2D eigenvalue weighted by molar-refractivity contribution is 5.96. The molecule has 1 amide bonds. The fraction of sp³-hybridized carbons (Fsp3) is 0.556. The SMILES string of the molecule is CC(C)(C)OC(=O)NC1(c2cc(OC(F)(F)F)ccc2F)CCCC(O)C1=O. The van der Waals surface area contributed by atoms with Gasteiger partial charge in [0.05, 0.1) is 0 Å². The smallest absolute Gasteiger partial charge is 0.444 e. The zero-order chi connectivity index (χ0) is 21.3. The van der Waals surface area contributed by atoms with Crippen LogP contribution in [-0.2, 0) is 15.1 Å². The van der Waals surface area contributed by atoms with Crippen LogP contribution in [0, 0.1) is 5.82 Å². The van der Waals surface area contributed by atoms with Crippen LogP contribution in [0.4, 0.5) is 22.4 Å². The van der Waals surface area contributed by atoms with Crippen LogP contribution in [0.3, 0.4) is 0 Å². The Morgan fingerprint density at radius 1 is 1.29 bits per heavy atom. The molecule has 0 aliphatic heterocycles. The van der Waals surface area contributed by atoms with Gasteiger partial charge < -0.3 is 19.9 Å². The molecule has 2 unspecified atom stereocenters. The first kappa shape index (κ1) is 21.9. The number of amides is 1. The van der Waals surface area contributed by atoms with Gasteiger partial charge in [-0.3, -0.25) is 4.79 Å². The molecule has 1 aliphatic rings. The summed E-state index contributed by atoms with van der Waals surface area (Å²) in [6.45, 7) is 4.69. The number of nitrogens with one attached hydrogen (secondary N) is 1. The Kier molecular flexibility index (Phi) is 5.93. The number of halogens is 4. The first-order valence-electron chi connectivity index (χ1n) is 8.53. The quantitative estimate of drug-likeness (QED) is 0.749. The van der Waals surface area contributed by atoms with Crippen molar-refractivity contribution in [2.45, 2.75) is 63.6 Å². The number of rotatable bonds is 3. The Morgan fingerprint density at radius 2 is 1.93 bits per heavy atom. The minimum atomic E-state index is -5.03. The van der Waals surface area contributed by atoms with Crippen molar-refractivity contribution in [3.63, 3.8) is 0 Å². The third-order valence-corrected chi connectivity index (χ3v) is 4.10. The van der Waals surface area contributed by atoms with Gasteiger partial charge in [-0.15, -0.1) is 13.2 Å². The highest BCUT2D eigenvalue weighted by Crippen LogP contribution is 2.38. The van der Waals surface area contributed by atoms with Gasteiger partial charge in [0.1, 0.15) is 28.8 Å². The number of carbonyl (C=O) groups excluding carboxylic acids is 2. The van der Waals surface area contributed by atoms with Crippen molar-refractivity contribution >= 4 is 11.9 Å². The zero-order valence-electron chi connectivity index (χ0n) is 15.5. The number of aliphatic hydroxyl groups excluding tert-OH is 1. The van der Waals surface area contributed by atoms with E-state index < -0.39 is 52.6 Å². The predicted molar refractivity (Wildman–Crippen MR) is 89.0 cm³/mol. The second-order valence-corrected chi connectivity index (χ2v) is 7.49. The number of ketones is 1. The van der Waals surface area contributed by atoms with Crippen molar-refractivity contribution in [2.75, 3.05) is 0 Å². The summed E-state index contributed by atoms with van der Waals surface area (Å²) in [6.07, 6.45) is -7.46. The molecule has 0 radical (unpaired) electrons. The largest absolute Gasteiger partial charge is 0.573 e. The number of ether oxygens (including phenoxy) is 2. The van der Waals surface area contributed by atoms with E-state index in [-0.39, 0.29) is 19.3 Å². The molecule has 0 bridgehead atoms. The van der Waals surface area contributed by atoms with Gasteiger partial charge in [0, 0.05) is 5.56 Å². The molecule has 1 saturated carbocycles. The predicted octanol–water partition coefficient (Wildman–Crippen LogP) is 3.56. The van der Waals surface area contributed by atoms with E-state index in [4.69, 9.17) is 4.74 Å². The van der Waals surface area contributed by atoms with E-state index >= 15 is 0 Å². The van der Waals surface area contributed by atoms with Gasteiger partial charge in [-0.1, -0.05) is 0 Å². The van der Waals surface area contributed by atoms with Gasteiger partial charge in [-0.2, -0.15) is 0 Å². The molecule has 1 aromatic carbocycles. The van der Waals surface area contributed by atoms with E-state index in [0.717, 1.165) is 6.07 Å². The molecule has 2 N–H and O–H groups in total. The number of alkyl halides is 3. The topological polar surface area (TPSA) is 84.9 Å². The van der Waals surface area contributed by atoms with Crippen LogP contribution in [0.1, 0.15) is 45.6 Å². The standard InChI is InChI=1S/C18H21F4NO5/c1-16(2,3)28-15(26)23-17(8-4-5-13(24)14(17)25)11-9-10(6-7-12(11)19)27-18(20,21)22/h6-7,9,13,24H,4-5,8H2,1-3H3,(H,23,26). The van der Waals surface area contributed by atoms with Crippen LogP contribution in [0.2, 0.25) is 0 Å². The maximum absolute atomic E-state index is 14.6. The van der Waals surface area contributed by atoms with E-state index in [1.807, 2.05) is 0 Å². The van der Waals surface area contributed by atoms with Gasteiger partial charge in [0.2, 0.25) is 0 Å². The molecule has 2 rings (SSSR count). The third-order valence-electron chi connectivity index (χ3n) is 4.10. The molecule has 1 aromatic rings. The minimum absolute atomic E-state index is 0.0803. The molecular formula is C18H21F4NO5. The highest BCUT2D eigenvalue weighted by Gasteiger charge is 2.49. The Morgan fingerprint density at radius 3 is 2.50 bits per heavy atom. The van der Waals surface area contributed by atoms with E-state index in [1.165, 1.54) is 0 Å². The lowest BCUT2D eigenvalue weighted by atomic mass is 9.74. The normalized spacial score (nSPS) is 23.3. The lowest BCUT2D eigenvalue weighted by molar-refractivity contribution is -0.274. The second kappa shape index (κ2) is 7.57. The summed E-state index contributed by atoms with van der Waals surface area (Å²) < 4.78 is 61.1. The Hall–Kier alpha value is -2.36. The molecule has 0 heterocycles. The van der Waals surface area contributed by atoms with Crippen molar-refractivity contribution in [1.29, 1.82) is 0 Å². The molecule has 2 atom stereocenters. The lowest BCUT2D eigenvalue weighted by Crippen LogP contribution is -2.58. The van der Waals surface area contributed by atoms with Gasteiger partial charge in [0.25, 0.3) is 0 Å². The van der Waals surface area contributed by atoms with Crippen molar-refractivity contribution in [3.05, 3.63) is 29.6 Å². The summed E-state index contributed by atoms with van der Waals surface area (Å²) >= 11 is 0. The molecule has 1 aliphatic carbocycles. The summed E-state index contributed by atoms with van der Waals surface area (Å²) in [7, 11) is 0. The summed E-state index contributed by atoms with van der Waals surface area (Å²) in [5.74, 6) is -2.73. The van der Waals surface area contributed by atoms with Crippen molar-refractivity contribution in [2.24, 2.45) is 0 Å². The number of aliphatic hydroxyl groups is 1. The fourth-order valence-electron chi connectivity index (χ4n) is 3.06. The van der Waals surface area contributed by atoms with Crippen LogP contribution >= 0.6 is 0 Å². The first-order valence-corrected chi connectivity index (χ1v) is 8.53. The fourth-order valence-corrected chi connectivity index (χ4v) is 3.06.